The number of rotatable bonds is 18. The highest BCUT2D eigenvalue weighted by Crippen LogP contribution is 2.45. The fourth-order valence-electron chi connectivity index (χ4n) is 4.83. The van der Waals surface area contributed by atoms with Crippen LogP contribution in [0.3, 0.4) is 0 Å². The molecule has 14 heteroatoms. The van der Waals surface area contributed by atoms with Gasteiger partial charge < -0.3 is 29.9 Å². The van der Waals surface area contributed by atoms with Crippen LogP contribution in [-0.2, 0) is 42.3 Å². The second-order valence-corrected chi connectivity index (χ2v) is 15.1. The molecule has 3 N–H and O–H groups in total. The predicted octanol–water partition coefficient (Wildman–Crippen LogP) is 7.70. The molecule has 3 rings (SSSR count). The lowest BCUT2D eigenvalue weighted by Crippen LogP contribution is -2.53. The van der Waals surface area contributed by atoms with Crippen molar-refractivity contribution < 1.29 is 42.0 Å². The first-order chi connectivity index (χ1) is 24.6. The van der Waals surface area contributed by atoms with Crippen molar-refractivity contribution in [1.29, 1.82) is 0 Å². The molecule has 3 aromatic carbocycles. The van der Waals surface area contributed by atoms with Crippen LogP contribution >= 0.6 is 24.7 Å². The number of ether oxygens (including phenoxy) is 2. The minimum absolute atomic E-state index is 0.0192. The van der Waals surface area contributed by atoms with Crippen molar-refractivity contribution in [3.63, 3.8) is 0 Å². The van der Waals surface area contributed by atoms with E-state index in [9.17, 15) is 28.0 Å². The summed E-state index contributed by atoms with van der Waals surface area (Å²) in [6, 6.07) is 17.5. The zero-order chi connectivity index (χ0) is 38.3. The quantitative estimate of drug-likeness (QED) is 0.0682. The Morgan fingerprint density at radius 1 is 0.885 bits per heavy atom. The Kier molecular flexibility index (Phi) is 16.6. The number of aryl methyl sites for hydroxylation is 1. The minimum Gasteiger partial charge on any atom is -0.459 e. The maximum Gasteiger partial charge on any atom is 0.408 e. The van der Waals surface area contributed by atoms with Crippen molar-refractivity contribution in [2.75, 3.05) is 13.2 Å². The Morgan fingerprint density at radius 2 is 1.58 bits per heavy atom. The van der Waals surface area contributed by atoms with Gasteiger partial charge >= 0.3 is 17.7 Å². The van der Waals surface area contributed by atoms with Gasteiger partial charge in [-0.1, -0.05) is 76.6 Å². The van der Waals surface area contributed by atoms with Gasteiger partial charge in [0.15, 0.2) is 0 Å². The molecule has 0 bridgehead atoms. The second-order valence-electron chi connectivity index (χ2n) is 13.1. The van der Waals surface area contributed by atoms with Gasteiger partial charge in [-0.2, -0.15) is 8.78 Å². The first-order valence-electron chi connectivity index (χ1n) is 17.0. The van der Waals surface area contributed by atoms with Crippen molar-refractivity contribution in [2.24, 2.45) is 0 Å². The molecule has 52 heavy (non-hydrogen) atoms. The number of carbonyl (C=O) groups excluding carboxylic acids is 4. The number of benzene rings is 3. The SMILES string of the molecule is CCOPC(F)(F)c1ccc(CC(NC(=O)OC(C)(C)C)C(=O)N[C@@H](CCCCNC(=O)c2ccc(C)c(Br)c2)C(=O)OCc2ccccc2)cc1. The highest BCUT2D eigenvalue weighted by atomic mass is 79.9. The van der Waals surface area contributed by atoms with Crippen molar-refractivity contribution in [1.82, 2.24) is 16.0 Å². The minimum atomic E-state index is -3.19. The normalized spacial score (nSPS) is 12.9. The van der Waals surface area contributed by atoms with Crippen LogP contribution in [0, 0.1) is 6.92 Å². The topological polar surface area (TPSA) is 132 Å². The summed E-state index contributed by atoms with van der Waals surface area (Å²) in [6.07, 6.45) is 0.156. The van der Waals surface area contributed by atoms with E-state index >= 15 is 0 Å². The molecule has 0 spiro atoms. The molecule has 0 saturated carbocycles. The van der Waals surface area contributed by atoms with Crippen LogP contribution in [0.15, 0.2) is 77.3 Å². The number of amides is 3. The summed E-state index contributed by atoms with van der Waals surface area (Å²) in [5.74, 6) is -1.61. The average Bonchev–Trinajstić information content (AvgIpc) is 3.09. The molecular weight excluding hydrogens is 759 g/mol. The van der Waals surface area contributed by atoms with Crippen LogP contribution in [0.1, 0.15) is 79.6 Å². The summed E-state index contributed by atoms with van der Waals surface area (Å²) < 4.78 is 45.8. The molecule has 0 aliphatic rings. The zero-order valence-electron chi connectivity index (χ0n) is 30.0. The third-order valence-corrected chi connectivity index (χ3v) is 9.40. The fourth-order valence-corrected chi connectivity index (χ4v) is 5.82. The van der Waals surface area contributed by atoms with Crippen LogP contribution in [0.2, 0.25) is 0 Å². The molecule has 3 aromatic rings. The van der Waals surface area contributed by atoms with Gasteiger partial charge in [0.2, 0.25) is 5.91 Å². The van der Waals surface area contributed by atoms with Gasteiger partial charge in [-0.05, 0) is 82.7 Å². The smallest absolute Gasteiger partial charge is 0.408 e. The Morgan fingerprint density at radius 3 is 2.21 bits per heavy atom. The molecule has 282 valence electrons. The van der Waals surface area contributed by atoms with Crippen LogP contribution in [-0.4, -0.2) is 54.7 Å². The van der Waals surface area contributed by atoms with E-state index in [-0.39, 0.29) is 37.5 Å². The van der Waals surface area contributed by atoms with E-state index in [0.717, 1.165) is 15.6 Å². The number of hydrogen-bond donors (Lipinski definition) is 3. The summed E-state index contributed by atoms with van der Waals surface area (Å²) in [7, 11) is -1.05. The van der Waals surface area contributed by atoms with Crippen LogP contribution in [0.25, 0.3) is 0 Å². The molecule has 0 radical (unpaired) electrons. The number of carbonyl (C=O) groups is 4. The van der Waals surface area contributed by atoms with E-state index < -0.39 is 50.1 Å². The predicted molar refractivity (Wildman–Crippen MR) is 200 cm³/mol. The maximum absolute atomic E-state index is 14.6. The Labute approximate surface area is 314 Å². The van der Waals surface area contributed by atoms with Crippen molar-refractivity contribution in [3.8, 4) is 0 Å². The lowest BCUT2D eigenvalue weighted by Gasteiger charge is -2.25. The lowest BCUT2D eigenvalue weighted by molar-refractivity contribution is -0.149. The standard InChI is InChI=1S/C38H47BrF2N3O7P/c1-6-50-52-38(40,41)29-19-16-26(17-20-29)22-32(44-36(48)51-37(3,4)5)34(46)43-31(35(47)49-24-27-12-8-7-9-13-27)14-10-11-21-42-33(45)28-18-15-25(2)30(39)23-28/h7-9,12-13,15-20,23,31-32,52H,6,10-11,14,21-22,24H2,1-5H3,(H,42,45)(H,43,46)(H,44,48)/t31-,32?/m0/s1. The highest BCUT2D eigenvalue weighted by Gasteiger charge is 2.33. The lowest BCUT2D eigenvalue weighted by atomic mass is 10.0. The van der Waals surface area contributed by atoms with Crippen LogP contribution in [0.5, 0.6) is 0 Å². The van der Waals surface area contributed by atoms with E-state index in [2.05, 4.69) is 31.9 Å². The van der Waals surface area contributed by atoms with Crippen molar-refractivity contribution in [3.05, 3.63) is 105 Å². The summed E-state index contributed by atoms with van der Waals surface area (Å²) in [5, 5.41) is 8.16. The van der Waals surface area contributed by atoms with E-state index in [1.807, 2.05) is 31.2 Å². The fraction of sp³-hybridized carbons (Fsp3) is 0.421. The summed E-state index contributed by atoms with van der Waals surface area (Å²) in [4.78, 5) is 52.6. The Bertz CT molecular complexity index is 1640. The molecule has 0 fully saturated rings. The number of alkyl carbamates (subject to hydrolysis) is 1. The number of halogens is 3. The molecule has 0 aliphatic heterocycles. The van der Waals surface area contributed by atoms with Gasteiger partial charge in [0.1, 0.15) is 24.3 Å². The molecule has 0 heterocycles. The molecule has 3 atom stereocenters. The molecule has 3 amide bonds. The summed E-state index contributed by atoms with van der Waals surface area (Å²) in [6.45, 7) is 9.03. The van der Waals surface area contributed by atoms with E-state index in [1.165, 1.54) is 24.3 Å². The van der Waals surface area contributed by atoms with Gasteiger partial charge in [-0.25, -0.2) is 9.59 Å². The first-order valence-corrected chi connectivity index (χ1v) is 18.7. The molecule has 10 nitrogen and oxygen atoms in total. The molecule has 0 aromatic heterocycles. The van der Waals surface area contributed by atoms with E-state index in [4.69, 9.17) is 14.0 Å². The molecule has 2 unspecified atom stereocenters. The largest absolute Gasteiger partial charge is 0.459 e. The van der Waals surface area contributed by atoms with Gasteiger partial charge in [0.05, 0.1) is 8.81 Å². The van der Waals surface area contributed by atoms with E-state index in [1.54, 1.807) is 52.0 Å². The van der Waals surface area contributed by atoms with Crippen molar-refractivity contribution in [2.45, 2.75) is 90.3 Å². The van der Waals surface area contributed by atoms with E-state index in [0.29, 0.717) is 30.5 Å². The van der Waals surface area contributed by atoms with Gasteiger partial charge in [0, 0.05) is 35.2 Å². The van der Waals surface area contributed by atoms with Crippen molar-refractivity contribution >= 4 is 48.6 Å². The number of nitrogens with one attached hydrogen (secondary N) is 3. The zero-order valence-corrected chi connectivity index (χ0v) is 32.6. The second kappa shape index (κ2) is 20.3. The van der Waals surface area contributed by atoms with Gasteiger partial charge in [-0.15, -0.1) is 0 Å². The summed E-state index contributed by atoms with van der Waals surface area (Å²) >= 11 is 3.44. The van der Waals surface area contributed by atoms with Gasteiger partial charge in [-0.3, -0.25) is 9.59 Å². The number of hydrogen-bond acceptors (Lipinski definition) is 7. The Balaban J connectivity index is 1.73. The maximum atomic E-state index is 14.6. The van der Waals surface area contributed by atoms with Crippen LogP contribution < -0.4 is 16.0 Å². The average molecular weight is 807 g/mol. The number of unbranched alkanes of at least 4 members (excludes halogenated alkanes) is 1. The monoisotopic (exact) mass is 805 g/mol. The third-order valence-electron chi connectivity index (χ3n) is 7.57. The third kappa shape index (κ3) is 14.6. The summed E-state index contributed by atoms with van der Waals surface area (Å²) in [5.41, 5.74) is -1.55. The first kappa shape index (κ1) is 42.5. The molecular formula is C38H47BrF2N3O7P. The Hall–Kier alpha value is -3.93. The number of esters is 1. The highest BCUT2D eigenvalue weighted by molar-refractivity contribution is 9.10. The molecule has 0 aliphatic carbocycles. The number of alkyl halides is 2. The van der Waals surface area contributed by atoms with Gasteiger partial charge in [0.25, 0.3) is 5.91 Å². The molecule has 0 saturated heterocycles. The van der Waals surface area contributed by atoms with Crippen LogP contribution in [0.4, 0.5) is 13.6 Å².